The van der Waals surface area contributed by atoms with Crippen LogP contribution in [0.5, 0.6) is 0 Å². The zero-order chi connectivity index (χ0) is 14.3. The average molecular weight is 277 g/mol. The highest BCUT2D eigenvalue weighted by Gasteiger charge is 2.13. The Kier molecular flexibility index (Phi) is 5.84. The van der Waals surface area contributed by atoms with Crippen molar-refractivity contribution in [3.05, 3.63) is 58.6 Å². The number of anilines is 2. The molecule has 0 aromatic heterocycles. The molecule has 0 amide bonds. The van der Waals surface area contributed by atoms with Gasteiger partial charge in [0.2, 0.25) is 0 Å². The second-order valence-electron chi connectivity index (χ2n) is 3.45. The van der Waals surface area contributed by atoms with Crippen molar-refractivity contribution in [1.82, 2.24) is 0 Å². The van der Waals surface area contributed by atoms with Crippen LogP contribution in [-0.2, 0) is 0 Å². The molecule has 0 bridgehead atoms. The van der Waals surface area contributed by atoms with E-state index >= 15 is 0 Å². The SMILES string of the molecule is CN.O=[N+]([O-])c1cc(S)ccc1Nc1ccccc1. The van der Waals surface area contributed by atoms with Gasteiger partial charge in [0.1, 0.15) is 5.69 Å². The molecule has 0 saturated heterocycles. The number of nitrogens with one attached hydrogen (secondary N) is 1. The molecule has 0 saturated carbocycles. The van der Waals surface area contributed by atoms with Gasteiger partial charge in [-0.05, 0) is 31.3 Å². The molecule has 3 N–H and O–H groups in total. The van der Waals surface area contributed by atoms with Gasteiger partial charge in [-0.25, -0.2) is 0 Å². The van der Waals surface area contributed by atoms with E-state index in [4.69, 9.17) is 0 Å². The van der Waals surface area contributed by atoms with Crippen molar-refractivity contribution >= 4 is 29.7 Å². The van der Waals surface area contributed by atoms with Crippen LogP contribution >= 0.6 is 12.6 Å². The molecule has 2 aromatic carbocycles. The summed E-state index contributed by atoms with van der Waals surface area (Å²) in [6, 6.07) is 14.1. The predicted molar refractivity (Wildman–Crippen MR) is 80.2 cm³/mol. The Morgan fingerprint density at radius 1 is 1.16 bits per heavy atom. The van der Waals surface area contributed by atoms with Gasteiger partial charge < -0.3 is 11.1 Å². The number of nitro benzene ring substituents is 1. The number of nitrogens with zero attached hydrogens (tertiary/aromatic N) is 1. The van der Waals surface area contributed by atoms with Gasteiger partial charge in [0.15, 0.2) is 0 Å². The van der Waals surface area contributed by atoms with E-state index in [-0.39, 0.29) is 5.69 Å². The summed E-state index contributed by atoms with van der Waals surface area (Å²) in [5.74, 6) is 0. The number of para-hydroxylation sites is 1. The van der Waals surface area contributed by atoms with Crippen molar-refractivity contribution < 1.29 is 4.92 Å². The highest BCUT2D eigenvalue weighted by Crippen LogP contribution is 2.29. The van der Waals surface area contributed by atoms with E-state index in [1.54, 1.807) is 12.1 Å². The molecule has 2 rings (SSSR count). The second-order valence-corrected chi connectivity index (χ2v) is 3.97. The molecule has 2 aromatic rings. The lowest BCUT2D eigenvalue weighted by molar-refractivity contribution is -0.384. The molecule has 0 heterocycles. The smallest absolute Gasteiger partial charge is 0.293 e. The van der Waals surface area contributed by atoms with Crippen LogP contribution in [0.3, 0.4) is 0 Å². The van der Waals surface area contributed by atoms with Crippen molar-refractivity contribution in [1.29, 1.82) is 0 Å². The van der Waals surface area contributed by atoms with Crippen LogP contribution in [0.15, 0.2) is 53.4 Å². The Morgan fingerprint density at radius 3 is 2.37 bits per heavy atom. The first kappa shape index (κ1) is 15.0. The summed E-state index contributed by atoms with van der Waals surface area (Å²) in [4.78, 5) is 11.0. The molecule has 0 unspecified atom stereocenters. The molecule has 0 radical (unpaired) electrons. The normalized spacial score (nSPS) is 9.21. The minimum absolute atomic E-state index is 0.0151. The maximum absolute atomic E-state index is 10.9. The Morgan fingerprint density at radius 2 is 1.79 bits per heavy atom. The number of thiol groups is 1. The van der Waals surface area contributed by atoms with Crippen LogP contribution in [0.25, 0.3) is 0 Å². The quantitative estimate of drug-likeness (QED) is 0.457. The summed E-state index contributed by atoms with van der Waals surface area (Å²) in [6.07, 6.45) is 0. The van der Waals surface area contributed by atoms with Gasteiger partial charge in [0.05, 0.1) is 4.92 Å². The van der Waals surface area contributed by atoms with Crippen molar-refractivity contribution in [2.45, 2.75) is 4.90 Å². The Balaban J connectivity index is 0.000000861. The van der Waals surface area contributed by atoms with Gasteiger partial charge in [0, 0.05) is 16.6 Å². The van der Waals surface area contributed by atoms with Crippen LogP contribution in [0.4, 0.5) is 17.1 Å². The third-order valence-corrected chi connectivity index (χ3v) is 2.51. The summed E-state index contributed by atoms with van der Waals surface area (Å²) >= 11 is 4.09. The van der Waals surface area contributed by atoms with Crippen molar-refractivity contribution in [2.75, 3.05) is 12.4 Å². The minimum atomic E-state index is -0.426. The maximum Gasteiger partial charge on any atom is 0.293 e. The first-order valence-corrected chi connectivity index (χ1v) is 5.99. The van der Waals surface area contributed by atoms with E-state index in [2.05, 4.69) is 23.7 Å². The molecule has 0 aliphatic rings. The van der Waals surface area contributed by atoms with Crippen LogP contribution in [-0.4, -0.2) is 12.0 Å². The lowest BCUT2D eigenvalue weighted by Gasteiger charge is -2.07. The lowest BCUT2D eigenvalue weighted by atomic mass is 10.2. The zero-order valence-corrected chi connectivity index (χ0v) is 11.3. The Bertz CT molecular complexity index is 547. The van der Waals surface area contributed by atoms with E-state index in [0.717, 1.165) is 5.69 Å². The Labute approximate surface area is 117 Å². The van der Waals surface area contributed by atoms with Crippen LogP contribution < -0.4 is 11.1 Å². The van der Waals surface area contributed by atoms with Crippen molar-refractivity contribution in [2.24, 2.45) is 5.73 Å². The van der Waals surface area contributed by atoms with Gasteiger partial charge in [0.25, 0.3) is 5.69 Å². The predicted octanol–water partition coefficient (Wildman–Crippen LogP) is 3.20. The average Bonchev–Trinajstić information content (AvgIpc) is 2.44. The topological polar surface area (TPSA) is 81.2 Å². The summed E-state index contributed by atoms with van der Waals surface area (Å²) in [7, 11) is 1.50. The highest BCUT2D eigenvalue weighted by atomic mass is 32.1. The standard InChI is InChI=1S/C12H10N2O2S.CH5N/c15-14(16)12-8-10(17)6-7-11(12)13-9-4-2-1-3-5-9;1-2/h1-8,13,17H;2H2,1H3. The summed E-state index contributed by atoms with van der Waals surface area (Å²) in [6.45, 7) is 0. The number of hydrogen-bond acceptors (Lipinski definition) is 5. The number of hydrogen-bond donors (Lipinski definition) is 3. The molecule has 0 fully saturated rings. The molecule has 5 nitrogen and oxygen atoms in total. The lowest BCUT2D eigenvalue weighted by Crippen LogP contribution is -1.96. The third kappa shape index (κ3) is 4.27. The van der Waals surface area contributed by atoms with E-state index in [0.29, 0.717) is 10.6 Å². The minimum Gasteiger partial charge on any atom is -0.350 e. The number of benzene rings is 2. The largest absolute Gasteiger partial charge is 0.350 e. The summed E-state index contributed by atoms with van der Waals surface area (Å²) < 4.78 is 0. The second kappa shape index (κ2) is 7.40. The molecular weight excluding hydrogens is 262 g/mol. The zero-order valence-electron chi connectivity index (χ0n) is 10.4. The third-order valence-electron chi connectivity index (χ3n) is 2.23. The van der Waals surface area contributed by atoms with Crippen molar-refractivity contribution in [3.8, 4) is 0 Å². The van der Waals surface area contributed by atoms with Gasteiger partial charge >= 0.3 is 0 Å². The van der Waals surface area contributed by atoms with Crippen LogP contribution in [0.1, 0.15) is 0 Å². The van der Waals surface area contributed by atoms with E-state index in [1.807, 2.05) is 30.3 Å². The molecule has 0 spiro atoms. The molecular formula is C13H15N3O2S. The maximum atomic E-state index is 10.9. The molecule has 0 aliphatic carbocycles. The molecule has 19 heavy (non-hydrogen) atoms. The fourth-order valence-electron chi connectivity index (χ4n) is 1.45. The van der Waals surface area contributed by atoms with Gasteiger partial charge in [-0.15, -0.1) is 12.6 Å². The molecule has 0 aliphatic heterocycles. The van der Waals surface area contributed by atoms with Gasteiger partial charge in [-0.2, -0.15) is 0 Å². The van der Waals surface area contributed by atoms with Crippen LogP contribution in [0, 0.1) is 10.1 Å². The first-order chi connectivity index (χ1) is 9.16. The monoisotopic (exact) mass is 277 g/mol. The number of rotatable bonds is 3. The fraction of sp³-hybridized carbons (Fsp3) is 0.0769. The summed E-state index contributed by atoms with van der Waals surface area (Å²) in [5, 5.41) is 13.9. The van der Waals surface area contributed by atoms with Gasteiger partial charge in [-0.1, -0.05) is 18.2 Å². The summed E-state index contributed by atoms with van der Waals surface area (Å²) in [5.41, 5.74) is 5.78. The van der Waals surface area contributed by atoms with Gasteiger partial charge in [-0.3, -0.25) is 10.1 Å². The fourth-order valence-corrected chi connectivity index (χ4v) is 1.65. The van der Waals surface area contributed by atoms with Crippen LogP contribution in [0.2, 0.25) is 0 Å². The van der Waals surface area contributed by atoms with E-state index < -0.39 is 4.92 Å². The Hall–Kier alpha value is -2.05. The molecule has 100 valence electrons. The number of nitrogens with two attached hydrogens (primary N) is 1. The highest BCUT2D eigenvalue weighted by molar-refractivity contribution is 7.80. The van der Waals surface area contributed by atoms with E-state index in [9.17, 15) is 10.1 Å². The van der Waals surface area contributed by atoms with Crippen molar-refractivity contribution in [3.63, 3.8) is 0 Å². The van der Waals surface area contributed by atoms with E-state index in [1.165, 1.54) is 13.1 Å². The molecule has 6 heteroatoms. The number of nitro groups is 1. The molecule has 0 atom stereocenters. The first-order valence-electron chi connectivity index (χ1n) is 5.54.